The Balaban J connectivity index is 2.43. The lowest BCUT2D eigenvalue weighted by Gasteiger charge is -2.29. The molecule has 0 heterocycles. The number of rotatable bonds is 5. The Morgan fingerprint density at radius 1 is 1.50 bits per heavy atom. The largest absolute Gasteiger partial charge is 0.392 e. The second-order valence-electron chi connectivity index (χ2n) is 4.32. The fraction of sp³-hybridized carbons (Fsp3) is 0.833. The molecule has 1 rings (SSSR count). The minimum Gasteiger partial charge on any atom is -0.392 e. The summed E-state index contributed by atoms with van der Waals surface area (Å²) in [7, 11) is 0. The summed E-state index contributed by atoms with van der Waals surface area (Å²) >= 11 is 0. The highest BCUT2D eigenvalue weighted by molar-refractivity contribution is 4.93. The van der Waals surface area contributed by atoms with Gasteiger partial charge in [-0.1, -0.05) is 25.5 Å². The van der Waals surface area contributed by atoms with Crippen molar-refractivity contribution in [2.45, 2.75) is 45.1 Å². The molecule has 0 bridgehead atoms. The molecule has 0 saturated carbocycles. The summed E-state index contributed by atoms with van der Waals surface area (Å²) in [5.74, 6) is 0.747. The molecule has 0 saturated heterocycles. The van der Waals surface area contributed by atoms with Crippen LogP contribution < -0.4 is 5.73 Å². The van der Waals surface area contributed by atoms with Gasteiger partial charge in [-0.3, -0.25) is 0 Å². The molecule has 0 amide bonds. The van der Waals surface area contributed by atoms with Crippen molar-refractivity contribution in [1.29, 1.82) is 0 Å². The van der Waals surface area contributed by atoms with Gasteiger partial charge < -0.3 is 10.8 Å². The Bertz CT molecular complexity index is 179. The van der Waals surface area contributed by atoms with Crippen LogP contribution in [0.1, 0.15) is 39.0 Å². The van der Waals surface area contributed by atoms with Crippen LogP contribution in [0.4, 0.5) is 0 Å². The van der Waals surface area contributed by atoms with Gasteiger partial charge in [-0.15, -0.1) is 0 Å². The summed E-state index contributed by atoms with van der Waals surface area (Å²) in [6, 6.07) is 0. The number of aliphatic hydroxyl groups excluding tert-OH is 1. The third-order valence-electron chi connectivity index (χ3n) is 3.24. The first-order chi connectivity index (χ1) is 6.79. The van der Waals surface area contributed by atoms with E-state index in [4.69, 9.17) is 5.73 Å². The molecule has 3 unspecified atom stereocenters. The van der Waals surface area contributed by atoms with Gasteiger partial charge in [-0.2, -0.15) is 0 Å². The van der Waals surface area contributed by atoms with E-state index >= 15 is 0 Å². The molecule has 2 heteroatoms. The van der Waals surface area contributed by atoms with Crippen molar-refractivity contribution in [3.05, 3.63) is 12.2 Å². The van der Waals surface area contributed by atoms with Gasteiger partial charge in [-0.05, 0) is 44.1 Å². The standard InChI is InChI=1S/C12H23NO/c1-2-6-11(9-13)12(14)10-7-4-3-5-8-10/h3-4,10-12,14H,2,5-9,13H2,1H3. The smallest absolute Gasteiger partial charge is 0.0611 e. The maximum absolute atomic E-state index is 10.2. The quantitative estimate of drug-likeness (QED) is 0.663. The van der Waals surface area contributed by atoms with Crippen molar-refractivity contribution >= 4 is 0 Å². The van der Waals surface area contributed by atoms with Crippen LogP contribution in [0.25, 0.3) is 0 Å². The summed E-state index contributed by atoms with van der Waals surface area (Å²) in [5, 5.41) is 10.2. The monoisotopic (exact) mass is 197 g/mol. The molecule has 82 valence electrons. The normalized spacial score (nSPS) is 26.1. The Kier molecular flexibility index (Phi) is 5.20. The summed E-state index contributed by atoms with van der Waals surface area (Å²) in [6.45, 7) is 2.77. The molecule has 0 fully saturated rings. The maximum Gasteiger partial charge on any atom is 0.0611 e. The minimum absolute atomic E-state index is 0.190. The molecule has 3 N–H and O–H groups in total. The van der Waals surface area contributed by atoms with E-state index in [1.54, 1.807) is 0 Å². The Labute approximate surface area is 87.2 Å². The van der Waals surface area contributed by atoms with Crippen LogP contribution in [0.15, 0.2) is 12.2 Å². The number of hydrogen-bond donors (Lipinski definition) is 2. The third-order valence-corrected chi connectivity index (χ3v) is 3.24. The van der Waals surface area contributed by atoms with Crippen molar-refractivity contribution in [3.63, 3.8) is 0 Å². The molecular formula is C12H23NO. The van der Waals surface area contributed by atoms with E-state index < -0.39 is 0 Å². The molecule has 0 aromatic heterocycles. The van der Waals surface area contributed by atoms with E-state index in [1.807, 2.05) is 0 Å². The summed E-state index contributed by atoms with van der Waals surface area (Å²) in [4.78, 5) is 0. The number of nitrogens with two attached hydrogens (primary N) is 1. The van der Waals surface area contributed by atoms with E-state index in [-0.39, 0.29) is 6.10 Å². The van der Waals surface area contributed by atoms with E-state index in [0.29, 0.717) is 18.4 Å². The van der Waals surface area contributed by atoms with Gasteiger partial charge in [-0.25, -0.2) is 0 Å². The molecule has 0 radical (unpaired) electrons. The van der Waals surface area contributed by atoms with Crippen molar-refractivity contribution in [2.24, 2.45) is 17.6 Å². The van der Waals surface area contributed by atoms with Crippen LogP contribution in [0, 0.1) is 11.8 Å². The van der Waals surface area contributed by atoms with Crippen molar-refractivity contribution < 1.29 is 5.11 Å². The second kappa shape index (κ2) is 6.20. The molecule has 0 aliphatic heterocycles. The average molecular weight is 197 g/mol. The zero-order chi connectivity index (χ0) is 10.4. The van der Waals surface area contributed by atoms with Gasteiger partial charge in [0.15, 0.2) is 0 Å². The van der Waals surface area contributed by atoms with Crippen molar-refractivity contribution in [2.75, 3.05) is 6.54 Å². The van der Waals surface area contributed by atoms with Crippen molar-refractivity contribution in [3.8, 4) is 0 Å². The average Bonchev–Trinajstić information content (AvgIpc) is 2.26. The molecule has 14 heavy (non-hydrogen) atoms. The SMILES string of the molecule is CCCC(CN)C(O)C1CC=CCC1. The zero-order valence-corrected chi connectivity index (χ0v) is 9.15. The highest BCUT2D eigenvalue weighted by Crippen LogP contribution is 2.27. The summed E-state index contributed by atoms with van der Waals surface area (Å²) in [6.07, 6.45) is 9.64. The topological polar surface area (TPSA) is 46.2 Å². The molecular weight excluding hydrogens is 174 g/mol. The number of allylic oxidation sites excluding steroid dienone is 2. The van der Waals surface area contributed by atoms with Crippen LogP contribution in [0.2, 0.25) is 0 Å². The Morgan fingerprint density at radius 3 is 2.79 bits per heavy atom. The van der Waals surface area contributed by atoms with Crippen molar-refractivity contribution in [1.82, 2.24) is 0 Å². The Hall–Kier alpha value is -0.340. The van der Waals surface area contributed by atoms with Gasteiger partial charge in [0.1, 0.15) is 0 Å². The highest BCUT2D eigenvalue weighted by atomic mass is 16.3. The highest BCUT2D eigenvalue weighted by Gasteiger charge is 2.25. The molecule has 2 nitrogen and oxygen atoms in total. The zero-order valence-electron chi connectivity index (χ0n) is 9.15. The molecule has 1 aliphatic carbocycles. The fourth-order valence-corrected chi connectivity index (χ4v) is 2.31. The summed E-state index contributed by atoms with van der Waals surface area (Å²) in [5.41, 5.74) is 5.69. The first kappa shape index (κ1) is 11.7. The molecule has 0 spiro atoms. The van der Waals surface area contributed by atoms with E-state index in [9.17, 15) is 5.11 Å². The van der Waals surface area contributed by atoms with Gasteiger partial charge in [0.2, 0.25) is 0 Å². The molecule has 3 atom stereocenters. The lowest BCUT2D eigenvalue weighted by molar-refractivity contribution is 0.0452. The van der Waals surface area contributed by atoms with Crippen LogP contribution >= 0.6 is 0 Å². The van der Waals surface area contributed by atoms with Gasteiger partial charge in [0.05, 0.1) is 6.10 Å². The van der Waals surface area contributed by atoms with Gasteiger partial charge in [0.25, 0.3) is 0 Å². The Morgan fingerprint density at radius 2 is 2.29 bits per heavy atom. The first-order valence-electron chi connectivity index (χ1n) is 5.82. The van der Waals surface area contributed by atoms with E-state index in [0.717, 1.165) is 32.1 Å². The lowest BCUT2D eigenvalue weighted by Crippen LogP contribution is -2.34. The fourth-order valence-electron chi connectivity index (χ4n) is 2.31. The molecule has 0 aromatic rings. The predicted octanol–water partition coefficient (Wildman–Crippen LogP) is 2.08. The van der Waals surface area contributed by atoms with E-state index in [1.165, 1.54) is 0 Å². The van der Waals surface area contributed by atoms with Crippen LogP contribution in [0.5, 0.6) is 0 Å². The minimum atomic E-state index is -0.190. The second-order valence-corrected chi connectivity index (χ2v) is 4.32. The summed E-state index contributed by atoms with van der Waals surface area (Å²) < 4.78 is 0. The number of hydrogen-bond acceptors (Lipinski definition) is 2. The maximum atomic E-state index is 10.2. The van der Waals surface area contributed by atoms with Gasteiger partial charge >= 0.3 is 0 Å². The molecule has 1 aliphatic rings. The van der Waals surface area contributed by atoms with Gasteiger partial charge in [0, 0.05) is 0 Å². The first-order valence-corrected chi connectivity index (χ1v) is 5.82. The predicted molar refractivity (Wildman–Crippen MR) is 59.9 cm³/mol. The lowest BCUT2D eigenvalue weighted by atomic mass is 9.81. The van der Waals surface area contributed by atoms with Crippen LogP contribution in [0.3, 0.4) is 0 Å². The third kappa shape index (κ3) is 3.10. The van der Waals surface area contributed by atoms with Crippen LogP contribution in [-0.4, -0.2) is 17.8 Å². The number of aliphatic hydroxyl groups is 1. The van der Waals surface area contributed by atoms with Crippen LogP contribution in [-0.2, 0) is 0 Å². The molecule has 0 aromatic carbocycles. The van der Waals surface area contributed by atoms with E-state index in [2.05, 4.69) is 19.1 Å².